The first kappa shape index (κ1) is 31.1. The Morgan fingerprint density at radius 2 is 1.69 bits per heavy atom. The average molecular weight is 625 g/mol. The number of benzene rings is 3. The third-order valence-corrected chi connectivity index (χ3v) is 7.70. The molecule has 0 spiro atoms. The van der Waals surface area contributed by atoms with Crippen molar-refractivity contribution >= 4 is 46.9 Å². The Morgan fingerprint density at radius 1 is 1.00 bits per heavy atom. The van der Waals surface area contributed by atoms with Crippen LogP contribution in [0.1, 0.15) is 52.5 Å². The van der Waals surface area contributed by atoms with Gasteiger partial charge in [0.05, 0.1) is 5.69 Å². The smallest absolute Gasteiger partial charge is 0.417 e. The third kappa shape index (κ3) is 7.25. The maximum Gasteiger partial charge on any atom is 0.417 e. The van der Waals surface area contributed by atoms with E-state index in [4.69, 9.17) is 16.3 Å². The van der Waals surface area contributed by atoms with Gasteiger partial charge in [0.25, 0.3) is 5.91 Å². The number of aliphatic carboxylic acids is 1. The van der Waals surface area contributed by atoms with Crippen molar-refractivity contribution in [2.45, 2.75) is 31.3 Å². The van der Waals surface area contributed by atoms with E-state index in [-0.39, 0.29) is 18.7 Å². The quantitative estimate of drug-likeness (QED) is 0.202. The molecule has 5 rings (SSSR count). The Kier molecular flexibility index (Phi) is 9.64. The van der Waals surface area contributed by atoms with E-state index in [0.29, 0.717) is 33.1 Å². The normalized spacial score (nSPS) is 16.0. The minimum absolute atomic E-state index is 0.0131. The van der Waals surface area contributed by atoms with Gasteiger partial charge in [-0.15, -0.1) is 0 Å². The monoisotopic (exact) mass is 624 g/mol. The molecule has 3 atom stereocenters. The van der Waals surface area contributed by atoms with Crippen LogP contribution in [-0.2, 0) is 14.3 Å². The van der Waals surface area contributed by atoms with Crippen molar-refractivity contribution in [2.24, 2.45) is 4.99 Å². The number of amides is 3. The maximum atomic E-state index is 13.8. The molecule has 3 amide bonds. The van der Waals surface area contributed by atoms with Crippen molar-refractivity contribution in [1.82, 2.24) is 9.88 Å². The number of hydrogen-bond acceptors (Lipinski definition) is 7. The zero-order valence-corrected chi connectivity index (χ0v) is 24.9. The van der Waals surface area contributed by atoms with E-state index in [1.54, 1.807) is 97.9 Å². The highest BCUT2D eigenvalue weighted by Crippen LogP contribution is 2.34. The summed E-state index contributed by atoms with van der Waals surface area (Å²) in [5.74, 6) is -3.31. The molecule has 0 bridgehead atoms. The number of anilines is 1. The largest absolute Gasteiger partial charge is 0.480 e. The molecule has 1 aliphatic heterocycles. The summed E-state index contributed by atoms with van der Waals surface area (Å²) in [4.78, 5) is 61.9. The molecule has 1 fully saturated rings. The summed E-state index contributed by atoms with van der Waals surface area (Å²) in [5, 5.41) is 13.7. The Hall–Kier alpha value is -5.35. The van der Waals surface area contributed by atoms with Crippen molar-refractivity contribution in [2.75, 3.05) is 11.9 Å². The maximum absolute atomic E-state index is 13.8. The summed E-state index contributed by atoms with van der Waals surface area (Å²) < 4.78 is 5.23. The van der Waals surface area contributed by atoms with Gasteiger partial charge < -0.3 is 15.2 Å². The van der Waals surface area contributed by atoms with Crippen LogP contribution in [0.5, 0.6) is 0 Å². The number of carboxylic acid groups (broad SMARTS) is 1. The first-order valence-electron chi connectivity index (χ1n) is 14.1. The number of carboxylic acids is 1. The number of aliphatic imine (C=N–C) groups is 1. The summed E-state index contributed by atoms with van der Waals surface area (Å²) >= 11 is 6.12. The van der Waals surface area contributed by atoms with Crippen LogP contribution in [0.3, 0.4) is 0 Å². The van der Waals surface area contributed by atoms with Crippen molar-refractivity contribution in [3.63, 3.8) is 0 Å². The number of ether oxygens (including phenoxy) is 1. The number of hydrogen-bond donors (Lipinski definition) is 2. The molecular weight excluding hydrogens is 596 g/mol. The number of rotatable bonds is 10. The summed E-state index contributed by atoms with van der Waals surface area (Å²) in [6.07, 6.45) is 0.353. The number of para-hydroxylation sites is 1. The van der Waals surface area contributed by atoms with Gasteiger partial charge >= 0.3 is 12.1 Å². The number of cyclic esters (lactones) is 1. The van der Waals surface area contributed by atoms with Crippen molar-refractivity contribution in [3.8, 4) is 0 Å². The molecule has 10 nitrogen and oxygen atoms in total. The highest BCUT2D eigenvalue weighted by Gasteiger charge is 2.41. The number of halogens is 1. The van der Waals surface area contributed by atoms with Gasteiger partial charge in [0.2, 0.25) is 5.91 Å². The molecule has 11 heteroatoms. The number of carbonyl (C=O) groups excluding carboxylic acids is 3. The lowest BCUT2D eigenvalue weighted by atomic mass is 9.87. The van der Waals surface area contributed by atoms with Crippen molar-refractivity contribution in [3.05, 3.63) is 131 Å². The molecule has 1 aliphatic rings. The van der Waals surface area contributed by atoms with Gasteiger partial charge in [-0.3, -0.25) is 19.6 Å². The van der Waals surface area contributed by atoms with E-state index >= 15 is 0 Å². The van der Waals surface area contributed by atoms with E-state index < -0.39 is 41.9 Å². The summed E-state index contributed by atoms with van der Waals surface area (Å²) in [5.41, 5.74) is 2.63. The molecule has 1 aromatic heterocycles. The molecule has 0 saturated carbocycles. The molecule has 0 aliphatic carbocycles. The van der Waals surface area contributed by atoms with E-state index in [1.807, 2.05) is 6.07 Å². The van der Waals surface area contributed by atoms with Crippen LogP contribution in [0.4, 0.5) is 10.5 Å². The molecule has 228 valence electrons. The highest BCUT2D eigenvalue weighted by molar-refractivity contribution is 6.30. The number of nitrogens with one attached hydrogen (secondary N) is 1. The van der Waals surface area contributed by atoms with Gasteiger partial charge in [-0.1, -0.05) is 78.3 Å². The topological polar surface area (TPSA) is 138 Å². The lowest BCUT2D eigenvalue weighted by molar-refractivity contribution is -0.139. The fourth-order valence-corrected chi connectivity index (χ4v) is 5.34. The Labute approximate surface area is 264 Å². The predicted octanol–water partition coefficient (Wildman–Crippen LogP) is 6.14. The summed E-state index contributed by atoms with van der Waals surface area (Å²) in [6, 6.07) is 25.2. The standard InChI is InChI=1S/C34H29ClN4O6/c1-21(25-11-5-6-12-27(25)38-32(41)28-13-7-8-18-36-28)37-31(33(42)43)26(22-14-16-24(35)17-15-22)19-30(40)39-29(20-45-34(39)44)23-9-3-2-4-10-23/h2-18,26,29,31H,19-20H2,1H3,(H,38,41)(H,42,43)/t26-,29-,31+/m1/s1. The van der Waals surface area contributed by atoms with Crippen LogP contribution in [0.15, 0.2) is 108 Å². The van der Waals surface area contributed by atoms with Gasteiger partial charge in [-0.25, -0.2) is 14.5 Å². The SMILES string of the molecule is CC(=N[C@H](C(=O)O)[C@H](CC(=O)N1C(=O)OC[C@@H]1c1ccccc1)c1ccc(Cl)cc1)c1ccccc1NC(=O)c1ccccn1. The molecule has 0 unspecified atom stereocenters. The first-order chi connectivity index (χ1) is 21.7. The van der Waals surface area contributed by atoms with Gasteiger partial charge in [-0.05, 0) is 48.4 Å². The van der Waals surface area contributed by atoms with E-state index in [1.165, 1.54) is 6.20 Å². The zero-order valence-electron chi connectivity index (χ0n) is 24.2. The summed E-state index contributed by atoms with van der Waals surface area (Å²) in [7, 11) is 0. The lowest BCUT2D eigenvalue weighted by Crippen LogP contribution is -2.38. The van der Waals surface area contributed by atoms with E-state index in [9.17, 15) is 24.3 Å². The van der Waals surface area contributed by atoms with Crippen LogP contribution in [-0.4, -0.2) is 57.2 Å². The number of aromatic nitrogens is 1. The van der Waals surface area contributed by atoms with Crippen LogP contribution in [0, 0.1) is 0 Å². The average Bonchev–Trinajstić information content (AvgIpc) is 3.45. The van der Waals surface area contributed by atoms with Crippen molar-refractivity contribution in [1.29, 1.82) is 0 Å². The molecule has 2 heterocycles. The minimum Gasteiger partial charge on any atom is -0.480 e. The first-order valence-corrected chi connectivity index (χ1v) is 14.5. The van der Waals surface area contributed by atoms with Crippen LogP contribution >= 0.6 is 11.6 Å². The fraction of sp³-hybridized carbons (Fsp3) is 0.176. The zero-order chi connectivity index (χ0) is 31.9. The number of carbonyl (C=O) groups is 4. The lowest BCUT2D eigenvalue weighted by Gasteiger charge is -2.26. The second kappa shape index (κ2) is 14.0. The second-order valence-corrected chi connectivity index (χ2v) is 10.8. The Bertz CT molecular complexity index is 1730. The van der Waals surface area contributed by atoms with E-state index in [0.717, 1.165) is 4.90 Å². The third-order valence-electron chi connectivity index (χ3n) is 7.45. The predicted molar refractivity (Wildman–Crippen MR) is 168 cm³/mol. The van der Waals surface area contributed by atoms with E-state index in [2.05, 4.69) is 15.3 Å². The van der Waals surface area contributed by atoms with Crippen LogP contribution in [0.2, 0.25) is 5.02 Å². The van der Waals surface area contributed by atoms with Gasteiger partial charge in [0.15, 0.2) is 6.04 Å². The molecule has 3 aromatic carbocycles. The minimum atomic E-state index is -1.44. The number of nitrogens with zero attached hydrogens (tertiary/aromatic N) is 3. The molecule has 1 saturated heterocycles. The van der Waals surface area contributed by atoms with Gasteiger partial charge in [-0.2, -0.15) is 0 Å². The Balaban J connectivity index is 1.48. The molecule has 4 aromatic rings. The van der Waals surface area contributed by atoms with Crippen LogP contribution < -0.4 is 5.32 Å². The Morgan fingerprint density at radius 3 is 2.38 bits per heavy atom. The highest BCUT2D eigenvalue weighted by atomic mass is 35.5. The number of imide groups is 1. The summed E-state index contributed by atoms with van der Waals surface area (Å²) in [6.45, 7) is 1.62. The van der Waals surface area contributed by atoms with Crippen molar-refractivity contribution < 1.29 is 29.0 Å². The fourth-order valence-electron chi connectivity index (χ4n) is 5.21. The molecule has 45 heavy (non-hydrogen) atoms. The molecule has 0 radical (unpaired) electrons. The molecule has 2 N–H and O–H groups in total. The van der Waals surface area contributed by atoms with Gasteiger partial charge in [0.1, 0.15) is 18.3 Å². The van der Waals surface area contributed by atoms with Gasteiger partial charge in [0, 0.05) is 34.8 Å². The molecular formula is C34H29ClN4O6. The van der Waals surface area contributed by atoms with Crippen LogP contribution in [0.25, 0.3) is 0 Å². The number of pyridine rings is 1. The second-order valence-electron chi connectivity index (χ2n) is 10.3.